The molecule has 0 amide bonds. The predicted molar refractivity (Wildman–Crippen MR) is 58.9 cm³/mol. The minimum absolute atomic E-state index is 0.762. The molecule has 0 aliphatic carbocycles. The van der Waals surface area contributed by atoms with Crippen molar-refractivity contribution < 1.29 is 0 Å². The lowest BCUT2D eigenvalue weighted by atomic mass is 10.2. The van der Waals surface area contributed by atoms with E-state index in [1.807, 2.05) is 0 Å². The molecule has 0 radical (unpaired) electrons. The van der Waals surface area contributed by atoms with Crippen molar-refractivity contribution in [2.75, 3.05) is 11.5 Å². The largest absolute Gasteiger partial charge is 0.310 e. The van der Waals surface area contributed by atoms with E-state index in [-0.39, 0.29) is 0 Å². The van der Waals surface area contributed by atoms with Crippen LogP contribution in [0.3, 0.4) is 0 Å². The Morgan fingerprint density at radius 1 is 1.17 bits per heavy atom. The van der Waals surface area contributed by atoms with Gasteiger partial charge in [0.1, 0.15) is 0 Å². The first kappa shape index (κ1) is 9.22. The van der Waals surface area contributed by atoms with Crippen LogP contribution in [0.2, 0.25) is 0 Å². The van der Waals surface area contributed by atoms with Gasteiger partial charge in [0.2, 0.25) is 0 Å². The molecule has 0 bridgehead atoms. The van der Waals surface area contributed by atoms with Crippen LogP contribution >= 0.6 is 23.5 Å². The second-order valence-corrected chi connectivity index (χ2v) is 6.51. The quantitative estimate of drug-likeness (QED) is 0.702. The van der Waals surface area contributed by atoms with E-state index in [1.54, 1.807) is 0 Å². The highest BCUT2D eigenvalue weighted by molar-refractivity contribution is 8.17. The van der Waals surface area contributed by atoms with Crippen LogP contribution in [0.5, 0.6) is 0 Å². The van der Waals surface area contributed by atoms with Crippen LogP contribution in [0.15, 0.2) is 0 Å². The van der Waals surface area contributed by atoms with E-state index >= 15 is 0 Å². The smallest absolute Gasteiger partial charge is 0.0655 e. The highest BCUT2D eigenvalue weighted by atomic mass is 32.2. The molecule has 2 atom stereocenters. The van der Waals surface area contributed by atoms with Gasteiger partial charge in [-0.1, -0.05) is 0 Å². The molecule has 0 aromatic carbocycles. The summed E-state index contributed by atoms with van der Waals surface area (Å²) in [6.07, 6.45) is 4.18. The van der Waals surface area contributed by atoms with Gasteiger partial charge in [0.25, 0.3) is 0 Å². The zero-order chi connectivity index (χ0) is 8.39. The maximum absolute atomic E-state index is 3.68. The summed E-state index contributed by atoms with van der Waals surface area (Å²) in [7, 11) is 0. The second kappa shape index (κ2) is 4.25. The van der Waals surface area contributed by atoms with E-state index in [1.165, 1.54) is 30.8 Å². The average molecular weight is 203 g/mol. The molecule has 2 rings (SSSR count). The molecular weight excluding hydrogens is 186 g/mol. The number of hydrogen-bond acceptors (Lipinski definition) is 3. The average Bonchev–Trinajstić information content (AvgIpc) is 2.54. The third-order valence-electron chi connectivity index (χ3n) is 2.59. The minimum Gasteiger partial charge on any atom is -0.310 e. The van der Waals surface area contributed by atoms with Crippen LogP contribution < -0.4 is 5.32 Å². The molecule has 2 saturated heterocycles. The lowest BCUT2D eigenvalue weighted by Gasteiger charge is -2.26. The SMILES string of the molecule is CC1CCC(C2SCCCS2)N1. The molecule has 1 N–H and O–H groups in total. The first-order valence-electron chi connectivity index (χ1n) is 4.85. The monoisotopic (exact) mass is 203 g/mol. The fraction of sp³-hybridized carbons (Fsp3) is 1.00. The third kappa shape index (κ3) is 2.12. The molecule has 12 heavy (non-hydrogen) atoms. The molecule has 2 fully saturated rings. The van der Waals surface area contributed by atoms with E-state index in [9.17, 15) is 0 Å². The summed E-state index contributed by atoms with van der Waals surface area (Å²) >= 11 is 4.33. The van der Waals surface area contributed by atoms with E-state index in [2.05, 4.69) is 35.8 Å². The normalized spacial score (nSPS) is 38.8. The Morgan fingerprint density at radius 3 is 2.50 bits per heavy atom. The molecular formula is C9H17NS2. The van der Waals surface area contributed by atoms with E-state index < -0.39 is 0 Å². The molecule has 0 aromatic heterocycles. The lowest BCUT2D eigenvalue weighted by molar-refractivity contribution is 0.590. The highest BCUT2D eigenvalue weighted by Crippen LogP contribution is 2.36. The summed E-state index contributed by atoms with van der Waals surface area (Å²) in [6, 6.07) is 1.56. The molecule has 2 aliphatic rings. The van der Waals surface area contributed by atoms with E-state index in [4.69, 9.17) is 0 Å². The van der Waals surface area contributed by atoms with Crippen LogP contribution in [-0.4, -0.2) is 28.2 Å². The van der Waals surface area contributed by atoms with Gasteiger partial charge < -0.3 is 5.32 Å². The van der Waals surface area contributed by atoms with Crippen molar-refractivity contribution in [3.8, 4) is 0 Å². The Bertz CT molecular complexity index is 143. The zero-order valence-electron chi connectivity index (χ0n) is 7.58. The number of thioether (sulfide) groups is 2. The van der Waals surface area contributed by atoms with Crippen molar-refractivity contribution in [2.24, 2.45) is 0 Å². The lowest BCUT2D eigenvalue weighted by Crippen LogP contribution is -2.35. The van der Waals surface area contributed by atoms with Crippen LogP contribution in [0.4, 0.5) is 0 Å². The number of rotatable bonds is 1. The first-order chi connectivity index (χ1) is 5.86. The van der Waals surface area contributed by atoms with Crippen molar-refractivity contribution in [1.29, 1.82) is 0 Å². The maximum Gasteiger partial charge on any atom is 0.0655 e. The van der Waals surface area contributed by atoms with Gasteiger partial charge in [-0.2, -0.15) is 0 Å². The maximum atomic E-state index is 3.68. The zero-order valence-corrected chi connectivity index (χ0v) is 9.22. The number of hydrogen-bond donors (Lipinski definition) is 1. The van der Waals surface area contributed by atoms with E-state index in [0.29, 0.717) is 0 Å². The summed E-state index contributed by atoms with van der Waals surface area (Å²) in [5, 5.41) is 3.68. The fourth-order valence-corrected chi connectivity index (χ4v) is 5.04. The minimum atomic E-state index is 0.762. The van der Waals surface area contributed by atoms with Gasteiger partial charge in [0, 0.05) is 12.1 Å². The van der Waals surface area contributed by atoms with Crippen LogP contribution in [0.25, 0.3) is 0 Å². The molecule has 3 heteroatoms. The summed E-state index contributed by atoms with van der Waals surface area (Å²) in [5.41, 5.74) is 0. The Kier molecular flexibility index (Phi) is 3.27. The van der Waals surface area contributed by atoms with Gasteiger partial charge >= 0.3 is 0 Å². The van der Waals surface area contributed by atoms with Gasteiger partial charge in [-0.3, -0.25) is 0 Å². The Morgan fingerprint density at radius 2 is 1.92 bits per heavy atom. The summed E-state index contributed by atoms with van der Waals surface area (Å²) < 4.78 is 0.851. The van der Waals surface area contributed by atoms with Gasteiger partial charge in [-0.15, -0.1) is 23.5 Å². The van der Waals surface area contributed by atoms with Gasteiger partial charge in [0.15, 0.2) is 0 Å². The van der Waals surface area contributed by atoms with Gasteiger partial charge in [-0.25, -0.2) is 0 Å². The molecule has 0 aromatic rings. The Balaban J connectivity index is 1.83. The highest BCUT2D eigenvalue weighted by Gasteiger charge is 2.29. The molecule has 1 nitrogen and oxygen atoms in total. The third-order valence-corrected chi connectivity index (χ3v) is 5.77. The van der Waals surface area contributed by atoms with E-state index in [0.717, 1.165) is 16.7 Å². The molecule has 0 spiro atoms. The summed E-state index contributed by atoms with van der Waals surface area (Å²) in [4.78, 5) is 0. The van der Waals surface area contributed by atoms with Crippen molar-refractivity contribution in [2.45, 2.75) is 42.9 Å². The van der Waals surface area contributed by atoms with Crippen LogP contribution in [0, 0.1) is 0 Å². The van der Waals surface area contributed by atoms with Crippen molar-refractivity contribution in [3.05, 3.63) is 0 Å². The summed E-state index contributed by atoms with van der Waals surface area (Å²) in [6.45, 7) is 2.30. The molecule has 2 heterocycles. The van der Waals surface area contributed by atoms with Gasteiger partial charge in [-0.05, 0) is 37.7 Å². The predicted octanol–water partition coefficient (Wildman–Crippen LogP) is 2.32. The first-order valence-corrected chi connectivity index (χ1v) is 6.95. The van der Waals surface area contributed by atoms with Crippen molar-refractivity contribution in [3.63, 3.8) is 0 Å². The second-order valence-electron chi connectivity index (χ2n) is 3.72. The van der Waals surface area contributed by atoms with Gasteiger partial charge in [0.05, 0.1) is 4.58 Å². The summed E-state index contributed by atoms with van der Waals surface area (Å²) in [5.74, 6) is 2.76. The topological polar surface area (TPSA) is 12.0 Å². The Labute approximate surface area is 83.4 Å². The van der Waals surface area contributed by atoms with Crippen LogP contribution in [-0.2, 0) is 0 Å². The number of nitrogens with one attached hydrogen (secondary N) is 1. The molecule has 2 unspecified atom stereocenters. The van der Waals surface area contributed by atoms with Crippen molar-refractivity contribution >= 4 is 23.5 Å². The van der Waals surface area contributed by atoms with Crippen molar-refractivity contribution in [1.82, 2.24) is 5.32 Å². The fourth-order valence-electron chi connectivity index (χ4n) is 1.91. The molecule has 0 saturated carbocycles. The molecule has 2 aliphatic heterocycles. The standard InChI is InChI=1S/C9H17NS2/c1-7-3-4-8(10-7)9-11-5-2-6-12-9/h7-10H,2-6H2,1H3. The van der Waals surface area contributed by atoms with Crippen LogP contribution in [0.1, 0.15) is 26.2 Å². The molecule has 70 valence electrons. The Hall–Kier alpha value is 0.660.